The Morgan fingerprint density at radius 3 is 2.50 bits per heavy atom. The minimum atomic E-state index is -1.02. The maximum absolute atomic E-state index is 12.2. The monoisotopic (exact) mass is 303 g/mol. The summed E-state index contributed by atoms with van der Waals surface area (Å²) in [5.41, 5.74) is 3.57. The van der Waals surface area contributed by atoms with Crippen LogP contribution in [0.15, 0.2) is 42.5 Å². The Morgan fingerprint density at radius 2 is 1.85 bits per heavy atom. The normalized spacial score (nSPS) is 11.8. The van der Waals surface area contributed by atoms with Crippen LogP contribution in [0.25, 0.3) is 0 Å². The van der Waals surface area contributed by atoms with E-state index in [1.807, 2.05) is 37.3 Å². The summed E-state index contributed by atoms with van der Waals surface area (Å²) in [6, 6.07) is 15.1. The van der Waals surface area contributed by atoms with Crippen molar-refractivity contribution in [2.45, 2.75) is 18.4 Å². The smallest absolute Gasteiger partial charge is 0.0992 e. The van der Waals surface area contributed by atoms with Crippen LogP contribution in [0.3, 0.4) is 0 Å². The summed E-state index contributed by atoms with van der Waals surface area (Å²) in [4.78, 5) is 0. The van der Waals surface area contributed by atoms with Gasteiger partial charge in [-0.2, -0.15) is 5.26 Å². The van der Waals surface area contributed by atoms with Gasteiger partial charge >= 0.3 is 0 Å². The van der Waals surface area contributed by atoms with Crippen LogP contribution in [-0.4, -0.2) is 4.21 Å². The number of benzene rings is 2. The van der Waals surface area contributed by atoms with Crippen LogP contribution in [0.1, 0.15) is 22.3 Å². The van der Waals surface area contributed by atoms with Crippen molar-refractivity contribution in [1.29, 1.82) is 5.26 Å². The summed E-state index contributed by atoms with van der Waals surface area (Å²) < 4.78 is 12.2. The molecule has 0 amide bonds. The molecule has 0 fully saturated rings. The Bertz CT molecular complexity index is 691. The number of hydrogen-bond donors (Lipinski definition) is 0. The van der Waals surface area contributed by atoms with Gasteiger partial charge in [-0.05, 0) is 35.7 Å². The second-order valence-corrected chi connectivity index (χ2v) is 6.44. The molecule has 0 radical (unpaired) electrons. The second-order valence-electron chi connectivity index (χ2n) is 4.57. The van der Waals surface area contributed by atoms with E-state index in [0.29, 0.717) is 22.1 Å². The summed E-state index contributed by atoms with van der Waals surface area (Å²) in [7, 11) is -1.02. The number of aryl methyl sites for hydroxylation is 1. The molecule has 0 aromatic heterocycles. The molecule has 0 saturated carbocycles. The lowest BCUT2D eigenvalue weighted by atomic mass is 10.1. The Morgan fingerprint density at radius 1 is 1.15 bits per heavy atom. The van der Waals surface area contributed by atoms with Gasteiger partial charge in [0.15, 0.2) is 0 Å². The van der Waals surface area contributed by atoms with Gasteiger partial charge in [-0.15, -0.1) is 0 Å². The third kappa shape index (κ3) is 3.69. The summed E-state index contributed by atoms with van der Waals surface area (Å²) in [6.07, 6.45) is 0. The molecule has 0 heterocycles. The van der Waals surface area contributed by atoms with Gasteiger partial charge in [-0.1, -0.05) is 41.9 Å². The largest absolute Gasteiger partial charge is 0.259 e. The van der Waals surface area contributed by atoms with Crippen molar-refractivity contribution in [3.63, 3.8) is 0 Å². The van der Waals surface area contributed by atoms with Gasteiger partial charge in [0, 0.05) is 21.6 Å². The summed E-state index contributed by atoms with van der Waals surface area (Å²) >= 11 is 6.10. The van der Waals surface area contributed by atoms with Crippen molar-refractivity contribution >= 4 is 22.4 Å². The zero-order valence-electron chi connectivity index (χ0n) is 11.1. The van der Waals surface area contributed by atoms with Crippen LogP contribution in [0.4, 0.5) is 0 Å². The van der Waals surface area contributed by atoms with Crippen LogP contribution in [0.5, 0.6) is 0 Å². The zero-order chi connectivity index (χ0) is 14.5. The highest BCUT2D eigenvalue weighted by Crippen LogP contribution is 2.20. The lowest BCUT2D eigenvalue weighted by molar-refractivity contribution is 0.682. The Labute approximate surface area is 126 Å². The van der Waals surface area contributed by atoms with Gasteiger partial charge in [-0.3, -0.25) is 4.21 Å². The van der Waals surface area contributed by atoms with Crippen LogP contribution in [-0.2, 0) is 22.3 Å². The summed E-state index contributed by atoms with van der Waals surface area (Å²) in [5.74, 6) is 0.919. The van der Waals surface area contributed by atoms with E-state index < -0.39 is 10.8 Å². The molecule has 0 spiro atoms. The Balaban J connectivity index is 2.09. The van der Waals surface area contributed by atoms with E-state index in [1.165, 1.54) is 0 Å². The molecule has 2 nitrogen and oxygen atoms in total. The number of nitriles is 1. The van der Waals surface area contributed by atoms with Gasteiger partial charge in [0.25, 0.3) is 0 Å². The fourth-order valence-electron chi connectivity index (χ4n) is 1.90. The third-order valence-corrected chi connectivity index (χ3v) is 4.69. The first kappa shape index (κ1) is 14.8. The molecule has 4 heteroatoms. The van der Waals surface area contributed by atoms with E-state index >= 15 is 0 Å². The van der Waals surface area contributed by atoms with Crippen molar-refractivity contribution < 1.29 is 4.21 Å². The fourth-order valence-corrected chi connectivity index (χ4v) is 3.60. The standard InChI is InChI=1S/C16H14ClNOS/c1-12-4-2-3-5-14(12)10-20(19)11-15-7-6-13(9-18)8-16(15)17/h2-8H,10-11H2,1H3. The maximum atomic E-state index is 12.2. The minimum Gasteiger partial charge on any atom is -0.259 e. The number of nitrogens with zero attached hydrogens (tertiary/aromatic N) is 1. The molecule has 102 valence electrons. The van der Waals surface area contributed by atoms with Crippen molar-refractivity contribution in [3.8, 4) is 6.07 Å². The Kier molecular flexibility index (Phi) is 4.94. The topological polar surface area (TPSA) is 40.9 Å². The molecule has 1 unspecified atom stereocenters. The third-order valence-electron chi connectivity index (χ3n) is 3.08. The molecule has 2 rings (SSSR count). The molecule has 2 aromatic carbocycles. The van der Waals surface area contributed by atoms with Crippen LogP contribution >= 0.6 is 11.6 Å². The highest BCUT2D eigenvalue weighted by molar-refractivity contribution is 7.83. The zero-order valence-corrected chi connectivity index (χ0v) is 12.7. The first-order chi connectivity index (χ1) is 9.60. The van der Waals surface area contributed by atoms with Crippen molar-refractivity contribution in [2.75, 3.05) is 0 Å². The van der Waals surface area contributed by atoms with Gasteiger partial charge in [-0.25, -0.2) is 0 Å². The SMILES string of the molecule is Cc1ccccc1CS(=O)Cc1ccc(C#N)cc1Cl. The average molecular weight is 304 g/mol. The molecule has 2 aromatic rings. The molecule has 0 aliphatic rings. The Hall–Kier alpha value is -1.63. The molecule has 0 N–H and O–H groups in total. The molecular weight excluding hydrogens is 290 g/mol. The molecular formula is C16H14ClNOS. The van der Waals surface area contributed by atoms with Gasteiger partial charge in [0.05, 0.1) is 17.4 Å². The van der Waals surface area contributed by atoms with E-state index in [4.69, 9.17) is 16.9 Å². The minimum absolute atomic E-state index is 0.402. The van der Waals surface area contributed by atoms with Gasteiger partial charge in [0.1, 0.15) is 0 Å². The predicted octanol–water partition coefficient (Wildman–Crippen LogP) is 3.97. The van der Waals surface area contributed by atoms with Crippen LogP contribution < -0.4 is 0 Å². The first-order valence-corrected chi connectivity index (χ1v) is 8.05. The second kappa shape index (κ2) is 6.69. The van der Waals surface area contributed by atoms with E-state index in [1.54, 1.807) is 18.2 Å². The van der Waals surface area contributed by atoms with E-state index in [0.717, 1.165) is 16.7 Å². The highest BCUT2D eigenvalue weighted by Gasteiger charge is 2.08. The van der Waals surface area contributed by atoms with Crippen molar-refractivity contribution in [3.05, 3.63) is 69.7 Å². The lowest BCUT2D eigenvalue weighted by Crippen LogP contribution is -2.01. The molecule has 0 aliphatic heterocycles. The summed E-state index contributed by atoms with van der Waals surface area (Å²) in [5, 5.41) is 9.29. The van der Waals surface area contributed by atoms with E-state index in [-0.39, 0.29) is 0 Å². The van der Waals surface area contributed by atoms with Crippen LogP contribution in [0.2, 0.25) is 5.02 Å². The lowest BCUT2D eigenvalue weighted by Gasteiger charge is -2.07. The number of rotatable bonds is 4. The van der Waals surface area contributed by atoms with Gasteiger partial charge in [0.2, 0.25) is 0 Å². The van der Waals surface area contributed by atoms with Gasteiger partial charge < -0.3 is 0 Å². The van der Waals surface area contributed by atoms with Crippen molar-refractivity contribution in [1.82, 2.24) is 0 Å². The number of hydrogen-bond acceptors (Lipinski definition) is 2. The predicted molar refractivity (Wildman–Crippen MR) is 82.9 cm³/mol. The molecule has 0 aliphatic carbocycles. The fraction of sp³-hybridized carbons (Fsp3) is 0.188. The maximum Gasteiger partial charge on any atom is 0.0992 e. The first-order valence-electron chi connectivity index (χ1n) is 6.18. The van der Waals surface area contributed by atoms with E-state index in [9.17, 15) is 4.21 Å². The molecule has 1 atom stereocenters. The van der Waals surface area contributed by atoms with Crippen molar-refractivity contribution in [2.24, 2.45) is 0 Å². The molecule has 0 saturated heterocycles. The number of halogens is 1. The molecule has 20 heavy (non-hydrogen) atoms. The average Bonchev–Trinajstić information content (AvgIpc) is 2.43. The molecule has 0 bridgehead atoms. The summed E-state index contributed by atoms with van der Waals surface area (Å²) in [6.45, 7) is 2.02. The van der Waals surface area contributed by atoms with E-state index in [2.05, 4.69) is 0 Å². The quantitative estimate of drug-likeness (QED) is 0.857. The highest BCUT2D eigenvalue weighted by atomic mass is 35.5. The van der Waals surface area contributed by atoms with Crippen LogP contribution in [0, 0.1) is 18.3 Å².